The Kier molecular flexibility index (Phi) is 3.72. The second kappa shape index (κ2) is 5.84. The zero-order valence-electron chi connectivity index (χ0n) is 11.9. The summed E-state index contributed by atoms with van der Waals surface area (Å²) in [5.41, 5.74) is 5.97. The Morgan fingerprint density at radius 1 is 1.00 bits per heavy atom. The fourth-order valence-corrected chi connectivity index (χ4v) is 2.27. The number of nitrogens with one attached hydrogen (secondary N) is 1. The van der Waals surface area contributed by atoms with Gasteiger partial charge in [-0.25, -0.2) is 9.37 Å². The predicted molar refractivity (Wildman–Crippen MR) is 84.6 cm³/mol. The van der Waals surface area contributed by atoms with Crippen LogP contribution in [-0.4, -0.2) is 16.8 Å². The van der Waals surface area contributed by atoms with E-state index in [1.807, 2.05) is 0 Å². The summed E-state index contributed by atoms with van der Waals surface area (Å²) in [5.74, 6) is -1.42. The van der Waals surface area contributed by atoms with Gasteiger partial charge in [-0.15, -0.1) is 0 Å². The van der Waals surface area contributed by atoms with Crippen LogP contribution in [0.15, 0.2) is 54.7 Å². The molecule has 1 heterocycles. The number of hydrogen-bond acceptors (Lipinski definition) is 3. The largest absolute Gasteiger partial charge is 0.364 e. The molecule has 0 aliphatic carbocycles. The number of aromatic nitrogens is 1. The van der Waals surface area contributed by atoms with Crippen LogP contribution in [0.5, 0.6) is 0 Å². The Labute approximate surface area is 130 Å². The minimum Gasteiger partial charge on any atom is -0.364 e. The summed E-state index contributed by atoms with van der Waals surface area (Å²) >= 11 is 0. The zero-order valence-corrected chi connectivity index (χ0v) is 11.9. The second-order valence-corrected chi connectivity index (χ2v) is 4.89. The summed E-state index contributed by atoms with van der Waals surface area (Å²) in [5, 5.41) is 3.56. The molecule has 0 aliphatic rings. The maximum atomic E-state index is 13.8. The predicted octanol–water partition coefficient (Wildman–Crippen LogP) is 2.73. The third-order valence-electron chi connectivity index (χ3n) is 3.39. The van der Waals surface area contributed by atoms with Crippen LogP contribution in [0.1, 0.15) is 20.8 Å². The number of benzene rings is 2. The first kappa shape index (κ1) is 14.6. The lowest BCUT2D eigenvalue weighted by molar-refractivity contribution is 0.0994. The van der Waals surface area contributed by atoms with E-state index < -0.39 is 11.8 Å². The molecule has 3 aromatic rings. The molecule has 1 aromatic heterocycles. The van der Waals surface area contributed by atoms with Crippen LogP contribution in [0.3, 0.4) is 0 Å². The number of primary amides is 1. The standard InChI is InChI=1S/C17H12FN3O2/c18-14-7-6-13(11-3-1-2-4-12(11)14)17(23)21-10-5-8-15(16(19)22)20-9-10/h1-9H,(H2,19,22)(H,21,23). The molecular formula is C17H12FN3O2. The van der Waals surface area contributed by atoms with E-state index in [-0.39, 0.29) is 11.5 Å². The van der Waals surface area contributed by atoms with Crippen molar-refractivity contribution in [1.29, 1.82) is 0 Å². The molecule has 23 heavy (non-hydrogen) atoms. The van der Waals surface area contributed by atoms with E-state index in [4.69, 9.17) is 5.73 Å². The first-order valence-electron chi connectivity index (χ1n) is 6.81. The van der Waals surface area contributed by atoms with Crippen molar-refractivity contribution in [3.63, 3.8) is 0 Å². The molecule has 0 saturated heterocycles. The number of hydrogen-bond donors (Lipinski definition) is 2. The maximum Gasteiger partial charge on any atom is 0.267 e. The minimum absolute atomic E-state index is 0.107. The number of carbonyl (C=O) groups excluding carboxylic acids is 2. The number of amides is 2. The molecule has 0 spiro atoms. The van der Waals surface area contributed by atoms with Crippen molar-refractivity contribution in [2.45, 2.75) is 0 Å². The molecule has 0 saturated carbocycles. The van der Waals surface area contributed by atoms with Crippen LogP contribution in [0, 0.1) is 5.82 Å². The Morgan fingerprint density at radius 2 is 1.74 bits per heavy atom. The molecule has 114 valence electrons. The number of nitrogens with zero attached hydrogens (tertiary/aromatic N) is 1. The molecule has 0 bridgehead atoms. The summed E-state index contributed by atoms with van der Waals surface area (Å²) in [6.45, 7) is 0. The van der Waals surface area contributed by atoms with Crippen LogP contribution in [0.25, 0.3) is 10.8 Å². The Balaban J connectivity index is 1.92. The van der Waals surface area contributed by atoms with Gasteiger partial charge in [-0.1, -0.05) is 24.3 Å². The highest BCUT2D eigenvalue weighted by atomic mass is 19.1. The van der Waals surface area contributed by atoms with Gasteiger partial charge in [0.2, 0.25) is 0 Å². The van der Waals surface area contributed by atoms with Gasteiger partial charge in [0.1, 0.15) is 11.5 Å². The molecule has 0 atom stereocenters. The summed E-state index contributed by atoms with van der Waals surface area (Å²) in [7, 11) is 0. The lowest BCUT2D eigenvalue weighted by atomic mass is 10.0. The lowest BCUT2D eigenvalue weighted by Gasteiger charge is -2.08. The smallest absolute Gasteiger partial charge is 0.267 e. The van der Waals surface area contributed by atoms with Gasteiger partial charge in [-0.3, -0.25) is 9.59 Å². The van der Waals surface area contributed by atoms with E-state index in [2.05, 4.69) is 10.3 Å². The third-order valence-corrected chi connectivity index (χ3v) is 3.39. The molecular weight excluding hydrogens is 297 g/mol. The summed E-state index contributed by atoms with van der Waals surface area (Å²) in [6, 6.07) is 12.4. The molecule has 0 radical (unpaired) electrons. The third kappa shape index (κ3) is 2.87. The highest BCUT2D eigenvalue weighted by Crippen LogP contribution is 2.22. The fraction of sp³-hybridized carbons (Fsp3) is 0. The van der Waals surface area contributed by atoms with E-state index >= 15 is 0 Å². The molecule has 2 amide bonds. The number of halogens is 1. The van der Waals surface area contributed by atoms with Gasteiger partial charge in [0.25, 0.3) is 11.8 Å². The average Bonchev–Trinajstić information content (AvgIpc) is 2.56. The SMILES string of the molecule is NC(=O)c1ccc(NC(=O)c2ccc(F)c3ccccc23)cn1. The monoisotopic (exact) mass is 309 g/mol. The summed E-state index contributed by atoms with van der Waals surface area (Å²) in [6.07, 6.45) is 1.34. The van der Waals surface area contributed by atoms with E-state index in [1.165, 1.54) is 30.5 Å². The first-order valence-corrected chi connectivity index (χ1v) is 6.81. The van der Waals surface area contributed by atoms with E-state index in [9.17, 15) is 14.0 Å². The zero-order chi connectivity index (χ0) is 16.4. The van der Waals surface area contributed by atoms with Crippen LogP contribution >= 0.6 is 0 Å². The average molecular weight is 309 g/mol. The van der Waals surface area contributed by atoms with Crippen molar-refractivity contribution >= 4 is 28.3 Å². The molecule has 0 unspecified atom stereocenters. The topological polar surface area (TPSA) is 85.1 Å². The van der Waals surface area contributed by atoms with Gasteiger partial charge in [0.15, 0.2) is 0 Å². The van der Waals surface area contributed by atoms with Gasteiger partial charge in [-0.2, -0.15) is 0 Å². The van der Waals surface area contributed by atoms with Crippen molar-refractivity contribution in [3.05, 3.63) is 71.8 Å². The number of anilines is 1. The fourth-order valence-electron chi connectivity index (χ4n) is 2.27. The number of carbonyl (C=O) groups is 2. The van der Waals surface area contributed by atoms with E-state index in [0.29, 0.717) is 22.0 Å². The molecule has 5 nitrogen and oxygen atoms in total. The van der Waals surface area contributed by atoms with Gasteiger partial charge in [0.05, 0.1) is 11.9 Å². The Morgan fingerprint density at radius 3 is 2.39 bits per heavy atom. The highest BCUT2D eigenvalue weighted by molar-refractivity contribution is 6.13. The lowest BCUT2D eigenvalue weighted by Crippen LogP contribution is -2.15. The van der Waals surface area contributed by atoms with Crippen molar-refractivity contribution in [1.82, 2.24) is 4.98 Å². The van der Waals surface area contributed by atoms with E-state index in [0.717, 1.165) is 0 Å². The second-order valence-electron chi connectivity index (χ2n) is 4.89. The first-order chi connectivity index (χ1) is 11.1. The number of nitrogens with two attached hydrogens (primary N) is 1. The minimum atomic E-state index is -0.646. The van der Waals surface area contributed by atoms with Gasteiger partial charge < -0.3 is 11.1 Å². The van der Waals surface area contributed by atoms with Gasteiger partial charge in [-0.05, 0) is 29.7 Å². The van der Waals surface area contributed by atoms with Crippen molar-refractivity contribution < 1.29 is 14.0 Å². The van der Waals surface area contributed by atoms with Crippen molar-refractivity contribution in [3.8, 4) is 0 Å². The quantitative estimate of drug-likeness (QED) is 0.780. The normalized spacial score (nSPS) is 10.5. The molecule has 0 aliphatic heterocycles. The molecule has 0 fully saturated rings. The van der Waals surface area contributed by atoms with Gasteiger partial charge >= 0.3 is 0 Å². The summed E-state index contributed by atoms with van der Waals surface area (Å²) < 4.78 is 13.8. The van der Waals surface area contributed by atoms with Crippen LogP contribution in [-0.2, 0) is 0 Å². The van der Waals surface area contributed by atoms with Gasteiger partial charge in [0, 0.05) is 10.9 Å². The summed E-state index contributed by atoms with van der Waals surface area (Å²) in [4.78, 5) is 27.2. The van der Waals surface area contributed by atoms with Crippen molar-refractivity contribution in [2.75, 3.05) is 5.32 Å². The number of pyridine rings is 1. The van der Waals surface area contributed by atoms with Crippen LogP contribution in [0.2, 0.25) is 0 Å². The Bertz CT molecular complexity index is 907. The van der Waals surface area contributed by atoms with Crippen LogP contribution in [0.4, 0.5) is 10.1 Å². The molecule has 3 rings (SSSR count). The molecule has 2 aromatic carbocycles. The van der Waals surface area contributed by atoms with Crippen molar-refractivity contribution in [2.24, 2.45) is 5.73 Å². The number of rotatable bonds is 3. The molecule has 3 N–H and O–H groups in total. The molecule has 6 heteroatoms. The highest BCUT2D eigenvalue weighted by Gasteiger charge is 2.13. The number of fused-ring (bicyclic) bond motifs is 1. The van der Waals surface area contributed by atoms with E-state index in [1.54, 1.807) is 24.3 Å². The van der Waals surface area contributed by atoms with Crippen LogP contribution < -0.4 is 11.1 Å². The Hall–Kier alpha value is -3.28. The maximum absolute atomic E-state index is 13.8.